The number of nitrogens with one attached hydrogen (secondary N) is 4. The smallest absolute Gasteiger partial charge is 0.180 e. The van der Waals surface area contributed by atoms with E-state index in [9.17, 15) is 0 Å². The van der Waals surface area contributed by atoms with Gasteiger partial charge in [0.05, 0.1) is 12.0 Å². The Balaban J connectivity index is 2.04. The van der Waals surface area contributed by atoms with Crippen molar-refractivity contribution in [2.45, 2.75) is 12.7 Å². The molecule has 1 rings (SSSR count). The van der Waals surface area contributed by atoms with Crippen molar-refractivity contribution in [3.05, 3.63) is 17.7 Å². The van der Waals surface area contributed by atoms with Crippen LogP contribution >= 0.6 is 24.0 Å². The van der Waals surface area contributed by atoms with Gasteiger partial charge in [-0.25, -0.2) is 10.4 Å². The molecule has 0 fully saturated rings. The summed E-state index contributed by atoms with van der Waals surface area (Å²) < 4.78 is 0. The summed E-state index contributed by atoms with van der Waals surface area (Å²) in [5.74, 6) is 1.96. The SMILES string of the molecule is CNNC(=S)NCCSCc1[nH]cnc1C. The number of aromatic nitrogens is 2. The van der Waals surface area contributed by atoms with Gasteiger partial charge in [-0.1, -0.05) is 0 Å². The summed E-state index contributed by atoms with van der Waals surface area (Å²) in [6.07, 6.45) is 1.73. The summed E-state index contributed by atoms with van der Waals surface area (Å²) in [5.41, 5.74) is 7.84. The van der Waals surface area contributed by atoms with Crippen molar-refractivity contribution in [2.75, 3.05) is 19.3 Å². The molecular formula is C9H17N5S2. The summed E-state index contributed by atoms with van der Waals surface area (Å²) in [5, 5.41) is 3.72. The van der Waals surface area contributed by atoms with E-state index in [-0.39, 0.29) is 0 Å². The first-order valence-corrected chi connectivity index (χ1v) is 6.57. The molecule has 1 aromatic rings. The lowest BCUT2D eigenvalue weighted by molar-refractivity contribution is 0.746. The largest absolute Gasteiger partial charge is 0.361 e. The molecule has 0 bridgehead atoms. The second-order valence-corrected chi connectivity index (χ2v) is 4.66. The predicted molar refractivity (Wildman–Crippen MR) is 72.3 cm³/mol. The molecule has 0 aliphatic carbocycles. The second kappa shape index (κ2) is 7.48. The fraction of sp³-hybridized carbons (Fsp3) is 0.556. The topological polar surface area (TPSA) is 64.8 Å². The maximum absolute atomic E-state index is 4.99. The minimum atomic E-state index is 0.626. The zero-order chi connectivity index (χ0) is 11.8. The molecular weight excluding hydrogens is 242 g/mol. The Kier molecular flexibility index (Phi) is 6.20. The molecule has 16 heavy (non-hydrogen) atoms. The molecule has 1 heterocycles. The lowest BCUT2D eigenvalue weighted by Gasteiger charge is -2.08. The summed E-state index contributed by atoms with van der Waals surface area (Å²) in [6, 6.07) is 0. The van der Waals surface area contributed by atoms with Crippen LogP contribution in [0, 0.1) is 6.92 Å². The van der Waals surface area contributed by atoms with Crippen molar-refractivity contribution in [3.63, 3.8) is 0 Å². The molecule has 4 N–H and O–H groups in total. The van der Waals surface area contributed by atoms with Crippen LogP contribution in [-0.4, -0.2) is 34.4 Å². The highest BCUT2D eigenvalue weighted by Crippen LogP contribution is 2.11. The maximum Gasteiger partial charge on any atom is 0.180 e. The number of thiocarbonyl (C=S) groups is 1. The van der Waals surface area contributed by atoms with E-state index >= 15 is 0 Å². The third-order valence-electron chi connectivity index (χ3n) is 1.95. The fourth-order valence-corrected chi connectivity index (χ4v) is 2.20. The fourth-order valence-electron chi connectivity index (χ4n) is 1.10. The van der Waals surface area contributed by atoms with Crippen molar-refractivity contribution in [3.8, 4) is 0 Å². The number of aryl methyl sites for hydroxylation is 1. The van der Waals surface area contributed by atoms with Gasteiger partial charge in [-0.05, 0) is 19.1 Å². The van der Waals surface area contributed by atoms with E-state index in [0.717, 1.165) is 23.7 Å². The number of rotatable bonds is 6. The molecule has 7 heteroatoms. The molecule has 0 saturated carbocycles. The van der Waals surface area contributed by atoms with Gasteiger partial charge in [-0.15, -0.1) is 0 Å². The molecule has 0 aromatic carbocycles. The Labute approximate surface area is 105 Å². The second-order valence-electron chi connectivity index (χ2n) is 3.15. The van der Waals surface area contributed by atoms with Crippen LogP contribution in [0.2, 0.25) is 0 Å². The number of nitrogens with zero attached hydrogens (tertiary/aromatic N) is 1. The van der Waals surface area contributed by atoms with Gasteiger partial charge < -0.3 is 10.3 Å². The van der Waals surface area contributed by atoms with E-state index < -0.39 is 0 Å². The Morgan fingerprint density at radius 1 is 1.62 bits per heavy atom. The van der Waals surface area contributed by atoms with Crippen LogP contribution in [0.25, 0.3) is 0 Å². The van der Waals surface area contributed by atoms with Crippen LogP contribution in [0.4, 0.5) is 0 Å². The van der Waals surface area contributed by atoms with Crippen LogP contribution in [0.3, 0.4) is 0 Å². The first-order chi connectivity index (χ1) is 7.74. The van der Waals surface area contributed by atoms with Gasteiger partial charge in [0, 0.05) is 30.8 Å². The summed E-state index contributed by atoms with van der Waals surface area (Å²) in [7, 11) is 1.78. The molecule has 0 aliphatic rings. The van der Waals surface area contributed by atoms with E-state index in [0.29, 0.717) is 5.11 Å². The van der Waals surface area contributed by atoms with Gasteiger partial charge in [-0.3, -0.25) is 5.43 Å². The van der Waals surface area contributed by atoms with E-state index in [1.807, 2.05) is 18.7 Å². The van der Waals surface area contributed by atoms with E-state index in [2.05, 4.69) is 26.1 Å². The van der Waals surface area contributed by atoms with Gasteiger partial charge in [0.2, 0.25) is 0 Å². The highest BCUT2D eigenvalue weighted by molar-refractivity contribution is 7.98. The predicted octanol–water partition coefficient (Wildman–Crippen LogP) is 0.550. The average Bonchev–Trinajstić information content (AvgIpc) is 2.64. The summed E-state index contributed by atoms with van der Waals surface area (Å²) in [4.78, 5) is 7.27. The normalized spacial score (nSPS) is 10.1. The molecule has 0 amide bonds. The minimum Gasteiger partial charge on any atom is -0.361 e. The van der Waals surface area contributed by atoms with Gasteiger partial charge in [0.15, 0.2) is 5.11 Å². The van der Waals surface area contributed by atoms with Crippen molar-refractivity contribution in [1.29, 1.82) is 0 Å². The minimum absolute atomic E-state index is 0.626. The lowest BCUT2D eigenvalue weighted by atomic mass is 10.4. The Bertz CT molecular complexity index is 325. The highest BCUT2D eigenvalue weighted by Gasteiger charge is 2.00. The van der Waals surface area contributed by atoms with E-state index in [1.165, 1.54) is 5.69 Å². The van der Waals surface area contributed by atoms with Crippen LogP contribution in [0.5, 0.6) is 0 Å². The first kappa shape index (κ1) is 13.3. The third kappa shape index (κ3) is 4.82. The zero-order valence-electron chi connectivity index (χ0n) is 9.46. The van der Waals surface area contributed by atoms with Crippen molar-refractivity contribution in [1.82, 2.24) is 26.1 Å². The number of hydrogen-bond acceptors (Lipinski definition) is 4. The van der Waals surface area contributed by atoms with Gasteiger partial charge in [0.25, 0.3) is 0 Å². The number of imidazole rings is 1. The van der Waals surface area contributed by atoms with Crippen molar-refractivity contribution >= 4 is 29.1 Å². The van der Waals surface area contributed by atoms with Crippen LogP contribution in [-0.2, 0) is 5.75 Å². The monoisotopic (exact) mass is 259 g/mol. The quantitative estimate of drug-likeness (QED) is 0.340. The van der Waals surface area contributed by atoms with Gasteiger partial charge in [0.1, 0.15) is 0 Å². The average molecular weight is 259 g/mol. The summed E-state index contributed by atoms with van der Waals surface area (Å²) >= 11 is 6.84. The Hall–Kier alpha value is -0.790. The van der Waals surface area contributed by atoms with Crippen LogP contribution in [0.1, 0.15) is 11.4 Å². The van der Waals surface area contributed by atoms with Crippen LogP contribution in [0.15, 0.2) is 6.33 Å². The molecule has 90 valence electrons. The number of thioether (sulfide) groups is 1. The molecule has 0 spiro atoms. The number of hydrogen-bond donors (Lipinski definition) is 4. The molecule has 0 saturated heterocycles. The zero-order valence-corrected chi connectivity index (χ0v) is 11.1. The Morgan fingerprint density at radius 3 is 3.06 bits per heavy atom. The number of H-pyrrole nitrogens is 1. The molecule has 0 unspecified atom stereocenters. The van der Waals surface area contributed by atoms with E-state index in [4.69, 9.17) is 12.2 Å². The Morgan fingerprint density at radius 2 is 2.44 bits per heavy atom. The molecule has 0 aliphatic heterocycles. The first-order valence-electron chi connectivity index (χ1n) is 5.01. The van der Waals surface area contributed by atoms with Crippen LogP contribution < -0.4 is 16.2 Å². The van der Waals surface area contributed by atoms with Gasteiger partial charge in [-0.2, -0.15) is 11.8 Å². The highest BCUT2D eigenvalue weighted by atomic mass is 32.2. The van der Waals surface area contributed by atoms with Crippen molar-refractivity contribution < 1.29 is 0 Å². The van der Waals surface area contributed by atoms with Gasteiger partial charge >= 0.3 is 0 Å². The maximum atomic E-state index is 4.99. The number of hydrazine groups is 1. The lowest BCUT2D eigenvalue weighted by Crippen LogP contribution is -2.42. The number of aromatic amines is 1. The molecule has 1 aromatic heterocycles. The molecule has 0 radical (unpaired) electrons. The molecule has 0 atom stereocenters. The third-order valence-corrected chi connectivity index (χ3v) is 3.18. The molecule has 5 nitrogen and oxygen atoms in total. The summed E-state index contributed by atoms with van der Waals surface area (Å²) in [6.45, 7) is 2.86. The van der Waals surface area contributed by atoms with E-state index in [1.54, 1.807) is 13.4 Å². The standard InChI is InChI=1S/C9H17N5S2/c1-7-8(13-6-12-7)5-16-4-3-11-9(15)14-10-2/h6,10H,3-5H2,1-2H3,(H,12,13)(H2,11,14,15). The van der Waals surface area contributed by atoms with Crippen molar-refractivity contribution in [2.24, 2.45) is 0 Å².